The third-order valence-electron chi connectivity index (χ3n) is 7.92. The third kappa shape index (κ3) is 7.46. The molecule has 0 radical (unpaired) electrons. The normalized spacial score (nSPS) is 16.4. The van der Waals surface area contributed by atoms with Gasteiger partial charge in [0.25, 0.3) is 11.8 Å². The maximum absolute atomic E-state index is 13.2. The van der Waals surface area contributed by atoms with Crippen molar-refractivity contribution >= 4 is 23.4 Å². The zero-order valence-corrected chi connectivity index (χ0v) is 26.1. The molecule has 1 fully saturated rings. The standard InChI is InChI=1S/C34H39N7O5/c1-37-33(43)30(36)28(16-29(35)40-32(42)20-11-12-20)39-26-10-6-9-25(31(26)45-3)22-13-14-27(38-17-22)34(44)41(2)18-24-15-21-7-4-5-8-23(21)19-46-24/h4-10,13-14,16-17,20,24,39H,11-12,15,18-19,35-36H2,1-3H3,(H,37,43)(H,40,42)/b29-16+,30-28+. The summed E-state index contributed by atoms with van der Waals surface area (Å²) in [6.45, 7) is 0.971. The fraction of sp³-hybridized carbons (Fsp3) is 0.294. The number of carbonyl (C=O) groups is 3. The Balaban J connectivity index is 1.33. The van der Waals surface area contributed by atoms with Crippen molar-refractivity contribution in [3.63, 3.8) is 0 Å². The highest BCUT2D eigenvalue weighted by Gasteiger charge is 2.30. The number of aromatic nitrogens is 1. The minimum absolute atomic E-state index is 0.0377. The van der Waals surface area contributed by atoms with Gasteiger partial charge in [-0.2, -0.15) is 0 Å². The SMILES string of the molecule is CNC(=O)/C(N)=C(/C=C(\N)NC(=O)C1CC1)Nc1cccc(-c2ccc(C(=O)N(C)CC3Cc4ccccc4CO3)nc2)c1OC. The van der Waals surface area contributed by atoms with E-state index in [4.69, 9.17) is 20.9 Å². The molecule has 7 N–H and O–H groups in total. The Morgan fingerprint density at radius 3 is 2.50 bits per heavy atom. The summed E-state index contributed by atoms with van der Waals surface area (Å²) in [7, 11) is 4.72. The van der Waals surface area contributed by atoms with Crippen LogP contribution in [-0.2, 0) is 27.4 Å². The number of hydrogen-bond donors (Lipinski definition) is 5. The second kappa shape index (κ2) is 14.2. The summed E-state index contributed by atoms with van der Waals surface area (Å²) in [5, 5.41) is 8.27. The van der Waals surface area contributed by atoms with Gasteiger partial charge in [-0.05, 0) is 36.1 Å². The Kier molecular flexibility index (Phi) is 9.87. The van der Waals surface area contributed by atoms with Crippen molar-refractivity contribution in [2.45, 2.75) is 32.0 Å². The Bertz CT molecular complexity index is 1680. The average molecular weight is 626 g/mol. The van der Waals surface area contributed by atoms with Gasteiger partial charge in [-0.3, -0.25) is 19.4 Å². The molecule has 1 aliphatic heterocycles. The van der Waals surface area contributed by atoms with Gasteiger partial charge in [0.05, 0.1) is 31.2 Å². The third-order valence-corrected chi connectivity index (χ3v) is 7.92. The highest BCUT2D eigenvalue weighted by molar-refractivity contribution is 5.95. The number of nitrogens with zero attached hydrogens (tertiary/aromatic N) is 2. The molecule has 12 heteroatoms. The fourth-order valence-corrected chi connectivity index (χ4v) is 5.24. The highest BCUT2D eigenvalue weighted by atomic mass is 16.5. The molecular weight excluding hydrogens is 586 g/mol. The molecule has 5 rings (SSSR count). The Labute approximate surface area is 267 Å². The van der Waals surface area contributed by atoms with Gasteiger partial charge in [0.15, 0.2) is 0 Å². The molecule has 1 aliphatic carbocycles. The Morgan fingerprint density at radius 2 is 1.83 bits per heavy atom. The van der Waals surface area contributed by atoms with Crippen molar-refractivity contribution in [1.29, 1.82) is 0 Å². The number of fused-ring (bicyclic) bond motifs is 1. The van der Waals surface area contributed by atoms with Crippen LogP contribution in [0.25, 0.3) is 11.1 Å². The zero-order valence-electron chi connectivity index (χ0n) is 26.1. The van der Waals surface area contributed by atoms with Gasteiger partial charge in [0, 0.05) is 56.4 Å². The van der Waals surface area contributed by atoms with Gasteiger partial charge < -0.3 is 41.8 Å². The number of methoxy groups -OCH3 is 1. The predicted molar refractivity (Wildman–Crippen MR) is 174 cm³/mol. The number of hydrogen-bond acceptors (Lipinski definition) is 9. The summed E-state index contributed by atoms with van der Waals surface area (Å²) < 4.78 is 11.8. The number of anilines is 1. The Morgan fingerprint density at radius 1 is 1.07 bits per heavy atom. The molecule has 0 bridgehead atoms. The summed E-state index contributed by atoms with van der Waals surface area (Å²) in [6, 6.07) is 17.0. The summed E-state index contributed by atoms with van der Waals surface area (Å²) >= 11 is 0. The van der Waals surface area contributed by atoms with Crippen LogP contribution in [0.2, 0.25) is 0 Å². The van der Waals surface area contributed by atoms with Gasteiger partial charge in [-0.1, -0.05) is 42.5 Å². The van der Waals surface area contributed by atoms with Crippen molar-refractivity contribution in [3.05, 3.63) is 101 Å². The monoisotopic (exact) mass is 625 g/mol. The number of carbonyl (C=O) groups excluding carboxylic acids is 3. The molecule has 1 atom stereocenters. The van der Waals surface area contributed by atoms with E-state index in [1.165, 1.54) is 31.4 Å². The van der Waals surface area contributed by atoms with Crippen LogP contribution in [0.15, 0.2) is 84.1 Å². The summed E-state index contributed by atoms with van der Waals surface area (Å²) in [5.41, 5.74) is 16.8. The van der Waals surface area contributed by atoms with E-state index in [1.807, 2.05) is 18.2 Å². The van der Waals surface area contributed by atoms with Crippen molar-refractivity contribution in [2.24, 2.45) is 17.4 Å². The highest BCUT2D eigenvalue weighted by Crippen LogP contribution is 2.37. The van der Waals surface area contributed by atoms with Crippen LogP contribution < -0.4 is 32.2 Å². The molecule has 0 saturated heterocycles. The molecule has 1 unspecified atom stereocenters. The van der Waals surface area contributed by atoms with Gasteiger partial charge in [0.1, 0.15) is 23.0 Å². The van der Waals surface area contributed by atoms with E-state index in [0.717, 1.165) is 19.3 Å². The van der Waals surface area contributed by atoms with Crippen LogP contribution in [0.4, 0.5) is 5.69 Å². The van der Waals surface area contributed by atoms with Crippen LogP contribution >= 0.6 is 0 Å². The van der Waals surface area contributed by atoms with Gasteiger partial charge >= 0.3 is 0 Å². The zero-order chi connectivity index (χ0) is 32.8. The van der Waals surface area contributed by atoms with Crippen LogP contribution in [0.5, 0.6) is 5.75 Å². The van der Waals surface area contributed by atoms with Crippen LogP contribution in [0.3, 0.4) is 0 Å². The molecule has 2 heterocycles. The molecule has 240 valence electrons. The lowest BCUT2D eigenvalue weighted by molar-refractivity contribution is -0.121. The minimum Gasteiger partial charge on any atom is -0.494 e. The number of amides is 3. The van der Waals surface area contributed by atoms with Crippen molar-refractivity contribution in [2.75, 3.05) is 33.1 Å². The number of para-hydroxylation sites is 1. The smallest absolute Gasteiger partial charge is 0.272 e. The van der Waals surface area contributed by atoms with Crippen LogP contribution in [-0.4, -0.2) is 61.5 Å². The number of ether oxygens (including phenoxy) is 2. The predicted octanol–water partition coefficient (Wildman–Crippen LogP) is 2.63. The summed E-state index contributed by atoms with van der Waals surface area (Å²) in [5.74, 6) is -0.513. The van der Waals surface area contributed by atoms with Crippen molar-refractivity contribution in [3.8, 4) is 16.9 Å². The topological polar surface area (TPSA) is 174 Å². The second-order valence-corrected chi connectivity index (χ2v) is 11.3. The van der Waals surface area contributed by atoms with E-state index in [9.17, 15) is 14.4 Å². The largest absolute Gasteiger partial charge is 0.494 e. The maximum Gasteiger partial charge on any atom is 0.272 e. The van der Waals surface area contributed by atoms with E-state index in [2.05, 4.69) is 33.1 Å². The van der Waals surface area contributed by atoms with E-state index in [0.29, 0.717) is 41.4 Å². The molecule has 1 aromatic heterocycles. The molecule has 0 spiro atoms. The Hall–Kier alpha value is -5.36. The number of pyridine rings is 1. The molecule has 3 amide bonds. The number of likely N-dealkylation sites (N-methyl/N-ethyl adjacent to an activating group) is 2. The lowest BCUT2D eigenvalue weighted by Gasteiger charge is -2.29. The fourth-order valence-electron chi connectivity index (χ4n) is 5.24. The van der Waals surface area contributed by atoms with E-state index in [-0.39, 0.29) is 41.1 Å². The lowest BCUT2D eigenvalue weighted by atomic mass is 9.99. The average Bonchev–Trinajstić information content (AvgIpc) is 3.93. The lowest BCUT2D eigenvalue weighted by Crippen LogP contribution is -2.38. The summed E-state index contributed by atoms with van der Waals surface area (Å²) in [4.78, 5) is 44.0. The molecule has 1 saturated carbocycles. The van der Waals surface area contributed by atoms with E-state index in [1.54, 1.807) is 42.4 Å². The number of nitrogens with one attached hydrogen (secondary N) is 3. The minimum atomic E-state index is -0.538. The number of allylic oxidation sites excluding steroid dienone is 1. The van der Waals surface area contributed by atoms with Gasteiger partial charge in [0.2, 0.25) is 5.91 Å². The van der Waals surface area contributed by atoms with Gasteiger partial charge in [-0.15, -0.1) is 0 Å². The summed E-state index contributed by atoms with van der Waals surface area (Å²) in [6.07, 6.45) is 5.28. The quantitative estimate of drug-likeness (QED) is 0.159. The molecule has 12 nitrogen and oxygen atoms in total. The molecule has 46 heavy (non-hydrogen) atoms. The first-order chi connectivity index (χ1) is 22.2. The van der Waals surface area contributed by atoms with Crippen molar-refractivity contribution in [1.82, 2.24) is 20.5 Å². The van der Waals surface area contributed by atoms with Gasteiger partial charge in [-0.25, -0.2) is 0 Å². The van der Waals surface area contributed by atoms with E-state index >= 15 is 0 Å². The van der Waals surface area contributed by atoms with Crippen LogP contribution in [0.1, 0.15) is 34.5 Å². The second-order valence-electron chi connectivity index (χ2n) is 11.3. The number of rotatable bonds is 11. The van der Waals surface area contributed by atoms with E-state index < -0.39 is 5.91 Å². The van der Waals surface area contributed by atoms with Crippen LogP contribution in [0, 0.1) is 5.92 Å². The molecule has 2 aliphatic rings. The first-order valence-corrected chi connectivity index (χ1v) is 15.0. The first-order valence-electron chi connectivity index (χ1n) is 15.0. The number of nitrogens with two attached hydrogens (primary N) is 2. The maximum atomic E-state index is 13.2. The molecule has 3 aromatic rings. The molecule has 2 aromatic carbocycles. The number of benzene rings is 2. The molecular formula is C34H39N7O5. The first kappa shape index (κ1) is 32.0. The van der Waals surface area contributed by atoms with Crippen molar-refractivity contribution < 1.29 is 23.9 Å².